The zero-order valence-electron chi connectivity index (χ0n) is 20.8. The predicted molar refractivity (Wildman–Crippen MR) is 132 cm³/mol. The number of hydrogen-bond donors (Lipinski definition) is 3. The summed E-state index contributed by atoms with van der Waals surface area (Å²) >= 11 is 0. The van der Waals surface area contributed by atoms with Gasteiger partial charge in [-0.25, -0.2) is 4.79 Å². The lowest BCUT2D eigenvalue weighted by molar-refractivity contribution is -0.143. The second-order valence-corrected chi connectivity index (χ2v) is 8.93. The molecule has 0 unspecified atom stereocenters. The van der Waals surface area contributed by atoms with Gasteiger partial charge in [0.2, 0.25) is 11.7 Å². The Kier molecular flexibility index (Phi) is 10.1. The topological polar surface area (TPSA) is 140 Å². The molecule has 0 saturated carbocycles. The van der Waals surface area contributed by atoms with Gasteiger partial charge >= 0.3 is 12.1 Å². The Hall–Kier alpha value is -4.21. The number of carbonyl (C=O) groups excluding carboxylic acids is 5. The van der Waals surface area contributed by atoms with Gasteiger partial charge in [0, 0.05) is 18.5 Å². The third-order valence-corrected chi connectivity index (χ3v) is 4.75. The van der Waals surface area contributed by atoms with Gasteiger partial charge in [0.15, 0.2) is 0 Å². The molecule has 192 valence electrons. The summed E-state index contributed by atoms with van der Waals surface area (Å²) in [5.41, 5.74) is 1.11. The van der Waals surface area contributed by atoms with Crippen LogP contribution in [0.3, 0.4) is 0 Å². The number of amides is 3. The van der Waals surface area contributed by atoms with E-state index in [1.165, 1.54) is 7.11 Å². The van der Waals surface area contributed by atoms with E-state index in [1.807, 2.05) is 30.3 Å². The molecule has 10 nitrogen and oxygen atoms in total. The van der Waals surface area contributed by atoms with Gasteiger partial charge in [-0.15, -0.1) is 0 Å². The number of rotatable bonds is 10. The van der Waals surface area contributed by atoms with Crippen LogP contribution in [0.1, 0.15) is 31.9 Å². The second kappa shape index (κ2) is 13.0. The lowest BCUT2D eigenvalue weighted by Gasteiger charge is -2.23. The first kappa shape index (κ1) is 28.0. The molecular weight excluding hydrogens is 466 g/mol. The summed E-state index contributed by atoms with van der Waals surface area (Å²) in [7, 11) is 1.17. The fourth-order valence-electron chi connectivity index (χ4n) is 3.03. The van der Waals surface area contributed by atoms with E-state index < -0.39 is 47.8 Å². The maximum Gasteiger partial charge on any atom is 0.408 e. The molecule has 10 heteroatoms. The maximum atomic E-state index is 13.0. The number of esters is 1. The summed E-state index contributed by atoms with van der Waals surface area (Å²) in [4.78, 5) is 60.3. The van der Waals surface area contributed by atoms with Crippen LogP contribution < -0.4 is 16.0 Å². The number of nitrogens with one attached hydrogen (secondary N) is 3. The van der Waals surface area contributed by atoms with Crippen molar-refractivity contribution in [1.82, 2.24) is 10.6 Å². The van der Waals surface area contributed by atoms with Crippen LogP contribution in [0.4, 0.5) is 10.5 Å². The van der Waals surface area contributed by atoms with Gasteiger partial charge in [0.1, 0.15) is 18.2 Å². The van der Waals surface area contributed by atoms with Gasteiger partial charge in [-0.2, -0.15) is 0 Å². The number of alkyl carbamates (subject to hydrolysis) is 1. The van der Waals surface area contributed by atoms with Gasteiger partial charge in [-0.3, -0.25) is 19.2 Å². The van der Waals surface area contributed by atoms with Crippen LogP contribution in [0.25, 0.3) is 0 Å². The van der Waals surface area contributed by atoms with Crippen LogP contribution in [0.5, 0.6) is 0 Å². The summed E-state index contributed by atoms with van der Waals surface area (Å²) in [6.45, 7) is 4.79. The Balaban J connectivity index is 2.02. The van der Waals surface area contributed by atoms with E-state index in [1.54, 1.807) is 45.0 Å². The van der Waals surface area contributed by atoms with Crippen molar-refractivity contribution in [3.8, 4) is 0 Å². The third-order valence-electron chi connectivity index (χ3n) is 4.75. The van der Waals surface area contributed by atoms with Crippen LogP contribution in [-0.4, -0.2) is 55.0 Å². The van der Waals surface area contributed by atoms with Crippen molar-refractivity contribution in [1.29, 1.82) is 0 Å². The number of carbonyl (C=O) groups is 5. The number of ether oxygens (including phenoxy) is 2. The maximum absolute atomic E-state index is 13.0. The first-order valence-electron chi connectivity index (χ1n) is 11.3. The fraction of sp³-hybridized carbons (Fsp3) is 0.346. The van der Waals surface area contributed by atoms with E-state index >= 15 is 0 Å². The molecule has 1 atom stereocenters. The molecule has 0 aliphatic heterocycles. The molecule has 2 aromatic carbocycles. The minimum absolute atomic E-state index is 0.182. The SMILES string of the molecule is COC(=O)CNC(=O)C(=O)Cc1ccc(NC(=O)[C@H](Cc2ccccc2)NC(=O)OC(C)(C)C)cc1. The number of methoxy groups -OCH3 is 1. The molecule has 0 bridgehead atoms. The summed E-state index contributed by atoms with van der Waals surface area (Å²) < 4.78 is 9.70. The largest absolute Gasteiger partial charge is 0.468 e. The van der Waals surface area contributed by atoms with Crippen molar-refractivity contribution < 1.29 is 33.4 Å². The molecule has 36 heavy (non-hydrogen) atoms. The molecular formula is C26H31N3O7. The number of Topliss-reactive ketones (excluding diaryl/α,β-unsaturated/α-hetero) is 1. The van der Waals surface area contributed by atoms with Crippen molar-refractivity contribution in [3.63, 3.8) is 0 Å². The number of hydrogen-bond acceptors (Lipinski definition) is 7. The Morgan fingerprint density at radius 3 is 2.11 bits per heavy atom. The van der Waals surface area contributed by atoms with Crippen LogP contribution in [-0.2, 0) is 41.5 Å². The summed E-state index contributed by atoms with van der Waals surface area (Å²) in [5.74, 6) is -2.73. The molecule has 0 aliphatic rings. The normalized spacial score (nSPS) is 11.6. The number of ketones is 1. The van der Waals surface area contributed by atoms with E-state index in [0.717, 1.165) is 5.56 Å². The average molecular weight is 498 g/mol. The zero-order valence-corrected chi connectivity index (χ0v) is 20.8. The molecule has 3 amide bonds. The van der Waals surface area contributed by atoms with E-state index in [2.05, 4.69) is 20.7 Å². The Labute approximate surface area is 209 Å². The van der Waals surface area contributed by atoms with E-state index in [0.29, 0.717) is 11.3 Å². The first-order chi connectivity index (χ1) is 17.0. The predicted octanol–water partition coefficient (Wildman–Crippen LogP) is 2.16. The van der Waals surface area contributed by atoms with Crippen LogP contribution in [0.15, 0.2) is 54.6 Å². The van der Waals surface area contributed by atoms with Crippen molar-refractivity contribution in [2.45, 2.75) is 45.3 Å². The van der Waals surface area contributed by atoms with E-state index in [4.69, 9.17) is 4.74 Å². The second-order valence-electron chi connectivity index (χ2n) is 8.93. The third kappa shape index (κ3) is 9.96. The smallest absolute Gasteiger partial charge is 0.408 e. The molecule has 0 aromatic heterocycles. The Morgan fingerprint density at radius 1 is 0.889 bits per heavy atom. The summed E-state index contributed by atoms with van der Waals surface area (Å²) in [6, 6.07) is 14.7. The highest BCUT2D eigenvalue weighted by atomic mass is 16.6. The van der Waals surface area contributed by atoms with Crippen LogP contribution in [0.2, 0.25) is 0 Å². The molecule has 0 aliphatic carbocycles. The summed E-state index contributed by atoms with van der Waals surface area (Å²) in [5, 5.41) is 7.56. The van der Waals surface area contributed by atoms with Gasteiger partial charge in [0.25, 0.3) is 5.91 Å². The highest BCUT2D eigenvalue weighted by Gasteiger charge is 2.25. The molecule has 0 heterocycles. The van der Waals surface area contributed by atoms with Crippen molar-refractivity contribution >= 4 is 35.3 Å². The summed E-state index contributed by atoms with van der Waals surface area (Å²) in [6.07, 6.45) is -0.644. The molecule has 0 spiro atoms. The molecule has 0 saturated heterocycles. The van der Waals surface area contributed by atoms with E-state index in [-0.39, 0.29) is 12.8 Å². The Morgan fingerprint density at radius 2 is 1.53 bits per heavy atom. The lowest BCUT2D eigenvalue weighted by atomic mass is 10.0. The van der Waals surface area contributed by atoms with Crippen LogP contribution in [0, 0.1) is 0 Å². The Bertz CT molecular complexity index is 1080. The van der Waals surface area contributed by atoms with Crippen molar-refractivity contribution in [2.24, 2.45) is 0 Å². The minimum atomic E-state index is -0.901. The molecule has 2 rings (SSSR count). The lowest BCUT2D eigenvalue weighted by Crippen LogP contribution is -2.47. The van der Waals surface area contributed by atoms with Crippen molar-refractivity contribution in [2.75, 3.05) is 19.0 Å². The van der Waals surface area contributed by atoms with Gasteiger partial charge < -0.3 is 25.4 Å². The molecule has 2 aromatic rings. The molecule has 0 fully saturated rings. The zero-order chi connectivity index (χ0) is 26.7. The highest BCUT2D eigenvalue weighted by molar-refractivity contribution is 6.36. The average Bonchev–Trinajstić information content (AvgIpc) is 2.82. The number of benzene rings is 2. The monoisotopic (exact) mass is 497 g/mol. The van der Waals surface area contributed by atoms with Gasteiger partial charge in [-0.05, 0) is 44.0 Å². The van der Waals surface area contributed by atoms with Crippen LogP contribution >= 0.6 is 0 Å². The minimum Gasteiger partial charge on any atom is -0.468 e. The van der Waals surface area contributed by atoms with E-state index in [9.17, 15) is 24.0 Å². The van der Waals surface area contributed by atoms with Gasteiger partial charge in [-0.1, -0.05) is 42.5 Å². The molecule has 0 radical (unpaired) electrons. The molecule has 3 N–H and O–H groups in total. The fourth-order valence-corrected chi connectivity index (χ4v) is 3.03. The number of anilines is 1. The standard InChI is InChI=1S/C26H31N3O7/c1-26(2,3)36-25(34)29-20(14-17-8-6-5-7-9-17)23(32)28-19-12-10-18(11-13-19)15-21(30)24(33)27-16-22(31)35-4/h5-13,20H,14-16H2,1-4H3,(H,27,33)(H,28,32)(H,29,34)/t20-/m0/s1. The van der Waals surface area contributed by atoms with Gasteiger partial charge in [0.05, 0.1) is 7.11 Å². The van der Waals surface area contributed by atoms with Crippen molar-refractivity contribution in [3.05, 3.63) is 65.7 Å². The first-order valence-corrected chi connectivity index (χ1v) is 11.3. The quantitative estimate of drug-likeness (QED) is 0.338. The highest BCUT2D eigenvalue weighted by Crippen LogP contribution is 2.13.